The molecule has 0 saturated carbocycles. The van der Waals surface area contributed by atoms with Crippen molar-refractivity contribution in [2.45, 2.75) is 19.3 Å². The number of carbonyl (C=O) groups excluding carboxylic acids is 1. The van der Waals surface area contributed by atoms with Crippen molar-refractivity contribution in [3.63, 3.8) is 0 Å². The number of esters is 1. The van der Waals surface area contributed by atoms with E-state index < -0.39 is 0 Å². The number of nitrogens with zero attached hydrogens (tertiary/aromatic N) is 1. The minimum absolute atomic E-state index is 0.106. The van der Waals surface area contributed by atoms with Crippen LogP contribution in [0, 0.1) is 5.92 Å². The van der Waals surface area contributed by atoms with Crippen molar-refractivity contribution >= 4 is 5.97 Å². The van der Waals surface area contributed by atoms with Crippen molar-refractivity contribution in [2.24, 2.45) is 11.8 Å². The van der Waals surface area contributed by atoms with E-state index in [2.05, 4.69) is 4.74 Å². The smallest absolute Gasteiger partial charge is 0.305 e. The maximum Gasteiger partial charge on any atom is 0.305 e. The molecule has 1 rings (SSSR count). The molecule has 1 fully saturated rings. The van der Waals surface area contributed by atoms with E-state index in [0.29, 0.717) is 12.3 Å². The third-order valence-electron chi connectivity index (χ3n) is 2.33. The van der Waals surface area contributed by atoms with Gasteiger partial charge in [-0.2, -0.15) is 0 Å². The van der Waals surface area contributed by atoms with Crippen molar-refractivity contribution < 1.29 is 9.53 Å². The van der Waals surface area contributed by atoms with Gasteiger partial charge in [-0.3, -0.25) is 10.6 Å². The van der Waals surface area contributed by atoms with Crippen molar-refractivity contribution in [1.82, 2.24) is 5.01 Å². The molecule has 0 radical (unpaired) electrons. The van der Waals surface area contributed by atoms with Gasteiger partial charge in [-0.05, 0) is 18.8 Å². The molecule has 4 nitrogen and oxygen atoms in total. The number of ether oxygens (including phenoxy) is 1. The van der Waals surface area contributed by atoms with Crippen LogP contribution in [0.25, 0.3) is 0 Å². The Morgan fingerprint density at radius 3 is 2.67 bits per heavy atom. The largest absolute Gasteiger partial charge is 0.469 e. The zero-order valence-electron chi connectivity index (χ0n) is 7.45. The zero-order chi connectivity index (χ0) is 8.97. The van der Waals surface area contributed by atoms with Gasteiger partial charge in [-0.15, -0.1) is 0 Å². The molecule has 0 aromatic heterocycles. The van der Waals surface area contributed by atoms with Gasteiger partial charge in [0.25, 0.3) is 0 Å². The molecule has 1 aliphatic heterocycles. The van der Waals surface area contributed by atoms with Crippen LogP contribution < -0.4 is 5.84 Å². The molecule has 70 valence electrons. The first-order valence-corrected chi connectivity index (χ1v) is 4.29. The lowest BCUT2D eigenvalue weighted by Gasteiger charge is -2.27. The topological polar surface area (TPSA) is 55.6 Å². The minimum Gasteiger partial charge on any atom is -0.469 e. The van der Waals surface area contributed by atoms with Gasteiger partial charge in [0.2, 0.25) is 0 Å². The number of hydrogen-bond acceptors (Lipinski definition) is 4. The van der Waals surface area contributed by atoms with Crippen molar-refractivity contribution in [2.75, 3.05) is 20.2 Å². The molecule has 12 heavy (non-hydrogen) atoms. The van der Waals surface area contributed by atoms with Crippen molar-refractivity contribution in [3.8, 4) is 0 Å². The Morgan fingerprint density at radius 2 is 2.17 bits per heavy atom. The molecule has 0 unspecified atom stereocenters. The summed E-state index contributed by atoms with van der Waals surface area (Å²) in [7, 11) is 1.43. The molecule has 0 aliphatic carbocycles. The number of hydrogen-bond donors (Lipinski definition) is 1. The summed E-state index contributed by atoms with van der Waals surface area (Å²) in [5, 5.41) is 1.80. The van der Waals surface area contributed by atoms with Crippen LogP contribution in [0.1, 0.15) is 19.3 Å². The van der Waals surface area contributed by atoms with Crippen LogP contribution in [0.2, 0.25) is 0 Å². The van der Waals surface area contributed by atoms with Crippen LogP contribution in [0.3, 0.4) is 0 Å². The van der Waals surface area contributed by atoms with Crippen LogP contribution in [0.4, 0.5) is 0 Å². The quantitative estimate of drug-likeness (QED) is 0.475. The first-order chi connectivity index (χ1) is 5.72. The summed E-state index contributed by atoms with van der Waals surface area (Å²) in [5.41, 5.74) is 0. The van der Waals surface area contributed by atoms with E-state index in [1.165, 1.54) is 7.11 Å². The molecule has 0 aromatic carbocycles. The fourth-order valence-electron chi connectivity index (χ4n) is 1.48. The van der Waals surface area contributed by atoms with E-state index in [1.807, 2.05) is 0 Å². The van der Waals surface area contributed by atoms with Gasteiger partial charge < -0.3 is 4.74 Å². The van der Waals surface area contributed by atoms with Crippen LogP contribution in [0.5, 0.6) is 0 Å². The Hall–Kier alpha value is -0.610. The minimum atomic E-state index is -0.106. The van der Waals surface area contributed by atoms with Gasteiger partial charge in [0.05, 0.1) is 7.11 Å². The number of rotatable bonds is 2. The Labute approximate surface area is 72.6 Å². The normalized spacial score (nSPS) is 20.8. The summed E-state index contributed by atoms with van der Waals surface area (Å²) in [6.07, 6.45) is 2.56. The molecule has 2 N–H and O–H groups in total. The van der Waals surface area contributed by atoms with Gasteiger partial charge in [0.1, 0.15) is 0 Å². The van der Waals surface area contributed by atoms with Crippen LogP contribution in [-0.4, -0.2) is 31.2 Å². The van der Waals surface area contributed by atoms with E-state index in [1.54, 1.807) is 5.01 Å². The highest BCUT2D eigenvalue weighted by molar-refractivity contribution is 5.69. The van der Waals surface area contributed by atoms with Crippen LogP contribution in [0.15, 0.2) is 0 Å². The van der Waals surface area contributed by atoms with Gasteiger partial charge in [-0.1, -0.05) is 0 Å². The molecule has 4 heteroatoms. The lowest BCUT2D eigenvalue weighted by atomic mass is 9.94. The average molecular weight is 172 g/mol. The van der Waals surface area contributed by atoms with Gasteiger partial charge in [0, 0.05) is 19.5 Å². The first-order valence-electron chi connectivity index (χ1n) is 4.29. The number of carbonyl (C=O) groups is 1. The zero-order valence-corrected chi connectivity index (χ0v) is 7.45. The Bertz CT molecular complexity index is 153. The van der Waals surface area contributed by atoms with Gasteiger partial charge >= 0.3 is 5.97 Å². The molecule has 0 aromatic rings. The molecular formula is C8H16N2O2. The fourth-order valence-corrected chi connectivity index (χ4v) is 1.48. The van der Waals surface area contributed by atoms with Crippen LogP contribution in [-0.2, 0) is 9.53 Å². The molecule has 1 aliphatic rings. The summed E-state index contributed by atoms with van der Waals surface area (Å²) >= 11 is 0. The number of nitrogens with two attached hydrogens (primary N) is 1. The first kappa shape index (κ1) is 9.48. The second kappa shape index (κ2) is 4.42. The second-order valence-corrected chi connectivity index (χ2v) is 3.26. The molecular weight excluding hydrogens is 156 g/mol. The number of piperidine rings is 1. The molecule has 1 saturated heterocycles. The third kappa shape index (κ3) is 2.79. The van der Waals surface area contributed by atoms with E-state index >= 15 is 0 Å². The number of methoxy groups -OCH3 is 1. The standard InChI is InChI=1S/C8H16N2O2/c1-12-8(11)6-7-2-4-10(9)5-3-7/h7H,2-6,9H2,1H3. The maximum absolute atomic E-state index is 10.9. The lowest BCUT2D eigenvalue weighted by molar-refractivity contribution is -0.142. The van der Waals surface area contributed by atoms with Crippen molar-refractivity contribution in [3.05, 3.63) is 0 Å². The number of hydrazine groups is 1. The highest BCUT2D eigenvalue weighted by atomic mass is 16.5. The summed E-state index contributed by atoms with van der Waals surface area (Å²) in [5.74, 6) is 5.94. The van der Waals surface area contributed by atoms with Crippen LogP contribution >= 0.6 is 0 Å². The molecule has 1 heterocycles. The van der Waals surface area contributed by atoms with E-state index in [0.717, 1.165) is 25.9 Å². The SMILES string of the molecule is COC(=O)CC1CCN(N)CC1. The fraction of sp³-hybridized carbons (Fsp3) is 0.875. The Morgan fingerprint density at radius 1 is 1.58 bits per heavy atom. The predicted octanol–water partition coefficient (Wildman–Crippen LogP) is 0.135. The van der Waals surface area contributed by atoms with E-state index in [4.69, 9.17) is 5.84 Å². The predicted molar refractivity (Wildman–Crippen MR) is 45.1 cm³/mol. The summed E-state index contributed by atoms with van der Waals surface area (Å²) in [6.45, 7) is 1.78. The molecule has 0 spiro atoms. The monoisotopic (exact) mass is 172 g/mol. The summed E-state index contributed by atoms with van der Waals surface area (Å²) in [6, 6.07) is 0. The Balaban J connectivity index is 2.21. The average Bonchev–Trinajstić information content (AvgIpc) is 2.09. The molecule has 0 amide bonds. The van der Waals surface area contributed by atoms with Gasteiger partial charge in [-0.25, -0.2) is 5.01 Å². The lowest BCUT2D eigenvalue weighted by Crippen LogP contribution is -2.39. The van der Waals surface area contributed by atoms with E-state index in [-0.39, 0.29) is 5.97 Å². The second-order valence-electron chi connectivity index (χ2n) is 3.26. The third-order valence-corrected chi connectivity index (χ3v) is 2.33. The highest BCUT2D eigenvalue weighted by Crippen LogP contribution is 2.18. The molecule has 0 bridgehead atoms. The highest BCUT2D eigenvalue weighted by Gasteiger charge is 2.19. The summed E-state index contributed by atoms with van der Waals surface area (Å²) in [4.78, 5) is 10.9. The maximum atomic E-state index is 10.9. The molecule has 0 atom stereocenters. The van der Waals surface area contributed by atoms with E-state index in [9.17, 15) is 4.79 Å². The van der Waals surface area contributed by atoms with Crippen molar-refractivity contribution in [1.29, 1.82) is 0 Å². The summed E-state index contributed by atoms with van der Waals surface area (Å²) < 4.78 is 4.60. The van der Waals surface area contributed by atoms with Gasteiger partial charge in [0.15, 0.2) is 0 Å². The Kier molecular flexibility index (Phi) is 3.49.